The Balaban J connectivity index is 1.35. The summed E-state index contributed by atoms with van der Waals surface area (Å²) in [5.74, 6) is -0.405. The Morgan fingerprint density at radius 2 is 2.03 bits per heavy atom. The molecule has 37 heavy (non-hydrogen) atoms. The van der Waals surface area contributed by atoms with E-state index in [1.807, 2.05) is 24.3 Å². The number of imidazole rings is 1. The van der Waals surface area contributed by atoms with E-state index in [-0.39, 0.29) is 31.1 Å². The molecule has 1 atom stereocenters. The Hall–Kier alpha value is -4.51. The minimum atomic E-state index is -1.84. The maximum atomic E-state index is 13.3. The highest BCUT2D eigenvalue weighted by Gasteiger charge is 2.45. The number of carbonyl (C=O) groups excluding carboxylic acids is 1. The summed E-state index contributed by atoms with van der Waals surface area (Å²) >= 11 is 0. The third kappa shape index (κ3) is 3.34. The molecule has 2 aromatic heterocycles. The van der Waals surface area contributed by atoms with Crippen LogP contribution in [0, 0.1) is 10.1 Å². The predicted molar refractivity (Wildman–Crippen MR) is 131 cm³/mol. The van der Waals surface area contributed by atoms with Crippen LogP contribution in [0.3, 0.4) is 0 Å². The summed E-state index contributed by atoms with van der Waals surface area (Å²) in [6, 6.07) is 11.3. The van der Waals surface area contributed by atoms with Crippen molar-refractivity contribution < 1.29 is 24.3 Å². The van der Waals surface area contributed by atoms with Gasteiger partial charge in [0.05, 0.1) is 24.8 Å². The van der Waals surface area contributed by atoms with Crippen LogP contribution < -0.4 is 10.3 Å². The van der Waals surface area contributed by atoms with Crippen molar-refractivity contribution >= 4 is 22.7 Å². The summed E-state index contributed by atoms with van der Waals surface area (Å²) in [5, 5.41) is 23.9. The number of hydrogen-bond acceptors (Lipinski definition) is 8. The van der Waals surface area contributed by atoms with E-state index >= 15 is 0 Å². The number of hydrogen-bond donors (Lipinski definition) is 1. The molecule has 0 amide bonds. The van der Waals surface area contributed by atoms with E-state index in [0.717, 1.165) is 21.9 Å². The minimum absolute atomic E-state index is 0.0985. The maximum absolute atomic E-state index is 13.3. The molecule has 6 rings (SSSR count). The number of carbonyl (C=O) groups is 1. The van der Waals surface area contributed by atoms with Gasteiger partial charge in [-0.25, -0.2) is 9.36 Å². The second-order valence-corrected chi connectivity index (χ2v) is 9.28. The molecule has 1 unspecified atom stereocenters. The molecule has 1 N–H and O–H groups in total. The van der Waals surface area contributed by atoms with Crippen LogP contribution in [0.2, 0.25) is 0 Å². The Morgan fingerprint density at radius 1 is 1.22 bits per heavy atom. The molecule has 2 aliphatic heterocycles. The standard InChI is InChI=1S/C26H22N4O7/c1-3-26(33)21-9-22-19-8-14-4-5-18(36-12-17-10-27-25(28(17)2)30(34)35)7-15(14)6-16(19)11-29(22)23(31)20(21)13-37-24(26)32/h4-10,33H,3,11-13H2,1-2H3. The summed E-state index contributed by atoms with van der Waals surface area (Å²) in [7, 11) is 1.56. The van der Waals surface area contributed by atoms with Gasteiger partial charge in [0.1, 0.15) is 25.2 Å². The first-order valence-corrected chi connectivity index (χ1v) is 11.7. The Kier molecular flexibility index (Phi) is 4.96. The van der Waals surface area contributed by atoms with Gasteiger partial charge < -0.3 is 29.3 Å². The summed E-state index contributed by atoms with van der Waals surface area (Å²) in [6.07, 6.45) is 1.51. The monoisotopic (exact) mass is 502 g/mol. The van der Waals surface area contributed by atoms with Crippen LogP contribution in [-0.2, 0) is 41.9 Å². The van der Waals surface area contributed by atoms with Crippen molar-refractivity contribution in [3.05, 3.63) is 85.4 Å². The van der Waals surface area contributed by atoms with Crippen LogP contribution in [0.25, 0.3) is 22.0 Å². The van der Waals surface area contributed by atoms with E-state index in [1.165, 1.54) is 10.8 Å². The zero-order valence-corrected chi connectivity index (χ0v) is 20.1. The molecule has 4 aromatic rings. The first-order valence-electron chi connectivity index (χ1n) is 11.7. The van der Waals surface area contributed by atoms with Gasteiger partial charge in [-0.1, -0.05) is 18.0 Å². The summed E-state index contributed by atoms with van der Waals surface area (Å²) < 4.78 is 14.0. The number of aliphatic hydroxyl groups is 1. The van der Waals surface area contributed by atoms with E-state index in [0.29, 0.717) is 34.8 Å². The van der Waals surface area contributed by atoms with Crippen molar-refractivity contribution in [3.63, 3.8) is 0 Å². The normalized spacial score (nSPS) is 17.8. The number of cyclic esters (lactones) is 1. The highest BCUT2D eigenvalue weighted by molar-refractivity contribution is 5.91. The van der Waals surface area contributed by atoms with Gasteiger partial charge in [0.2, 0.25) is 0 Å². The van der Waals surface area contributed by atoms with Crippen molar-refractivity contribution in [1.29, 1.82) is 0 Å². The number of nitro groups is 1. The van der Waals surface area contributed by atoms with Crippen LogP contribution in [0.15, 0.2) is 47.4 Å². The first kappa shape index (κ1) is 22.9. The average molecular weight is 502 g/mol. The molecular weight excluding hydrogens is 480 g/mol. The third-order valence-corrected chi connectivity index (χ3v) is 7.29. The molecule has 0 aliphatic carbocycles. The SMILES string of the molecule is CCC1(O)C(=O)OCc2c1cc1n(c2=O)Cc2cc3cc(OCc4cnc([N+](=O)[O-])n4C)ccc3cc2-1. The minimum Gasteiger partial charge on any atom is -0.486 e. The topological polar surface area (TPSA) is 139 Å². The third-order valence-electron chi connectivity index (χ3n) is 7.29. The molecule has 0 spiro atoms. The highest BCUT2D eigenvalue weighted by atomic mass is 16.6. The zero-order valence-electron chi connectivity index (χ0n) is 20.1. The van der Waals surface area contributed by atoms with E-state index in [9.17, 15) is 24.8 Å². The number of aromatic nitrogens is 3. The van der Waals surface area contributed by atoms with E-state index in [2.05, 4.69) is 4.98 Å². The molecule has 2 aliphatic rings. The van der Waals surface area contributed by atoms with Crippen LogP contribution in [0.4, 0.5) is 5.95 Å². The number of rotatable bonds is 5. The fourth-order valence-corrected chi connectivity index (χ4v) is 5.13. The van der Waals surface area contributed by atoms with E-state index < -0.39 is 16.5 Å². The van der Waals surface area contributed by atoms with Gasteiger partial charge in [0, 0.05) is 11.1 Å². The van der Waals surface area contributed by atoms with Crippen molar-refractivity contribution in [2.24, 2.45) is 7.05 Å². The molecule has 11 nitrogen and oxygen atoms in total. The first-order chi connectivity index (χ1) is 17.7. The van der Waals surface area contributed by atoms with Crippen molar-refractivity contribution in [2.45, 2.75) is 38.7 Å². The lowest BCUT2D eigenvalue weighted by Crippen LogP contribution is -2.44. The second-order valence-electron chi connectivity index (χ2n) is 9.28. The molecule has 4 heterocycles. The van der Waals surface area contributed by atoms with E-state index in [1.54, 1.807) is 30.7 Å². The quantitative estimate of drug-likeness (QED) is 0.220. The number of esters is 1. The molecular formula is C26H22N4O7. The smallest absolute Gasteiger partial charge is 0.434 e. The van der Waals surface area contributed by atoms with Gasteiger partial charge in [-0.2, -0.15) is 0 Å². The van der Waals surface area contributed by atoms with Crippen molar-refractivity contribution in [2.75, 3.05) is 0 Å². The van der Waals surface area contributed by atoms with Gasteiger partial charge >= 0.3 is 11.9 Å². The number of pyridine rings is 1. The number of nitrogens with zero attached hydrogens (tertiary/aromatic N) is 4. The zero-order chi connectivity index (χ0) is 26.1. The molecule has 2 aromatic carbocycles. The number of benzene rings is 2. The molecule has 0 bridgehead atoms. The molecule has 0 fully saturated rings. The fraction of sp³-hybridized carbons (Fsp3) is 0.269. The summed E-state index contributed by atoms with van der Waals surface area (Å²) in [4.78, 5) is 39.9. The van der Waals surface area contributed by atoms with Crippen molar-refractivity contribution in [1.82, 2.24) is 14.1 Å². The Bertz CT molecular complexity index is 1700. The van der Waals surface area contributed by atoms with Gasteiger partial charge in [-0.15, -0.1) is 0 Å². The van der Waals surface area contributed by atoms with Crippen LogP contribution in [0.5, 0.6) is 5.75 Å². The highest BCUT2D eigenvalue weighted by Crippen LogP contribution is 2.40. The number of ether oxygens (including phenoxy) is 2. The molecule has 0 saturated carbocycles. The lowest BCUT2D eigenvalue weighted by atomic mass is 9.85. The largest absolute Gasteiger partial charge is 0.486 e. The summed E-state index contributed by atoms with van der Waals surface area (Å²) in [6.45, 7) is 1.99. The lowest BCUT2D eigenvalue weighted by molar-refractivity contribution is -0.396. The van der Waals surface area contributed by atoms with E-state index in [4.69, 9.17) is 9.47 Å². The molecule has 0 saturated heterocycles. The molecule has 11 heteroatoms. The lowest BCUT2D eigenvalue weighted by Gasteiger charge is -2.31. The fourth-order valence-electron chi connectivity index (χ4n) is 5.13. The Morgan fingerprint density at radius 3 is 2.76 bits per heavy atom. The molecule has 188 valence electrons. The predicted octanol–water partition coefficient (Wildman–Crippen LogP) is 2.91. The Labute approximate surface area is 209 Å². The van der Waals surface area contributed by atoms with Gasteiger partial charge in [-0.05, 0) is 58.0 Å². The average Bonchev–Trinajstić information content (AvgIpc) is 3.43. The van der Waals surface area contributed by atoms with Gasteiger partial charge in [0.25, 0.3) is 5.56 Å². The van der Waals surface area contributed by atoms with Gasteiger partial charge in [-0.3, -0.25) is 4.79 Å². The maximum Gasteiger partial charge on any atom is 0.434 e. The van der Waals surface area contributed by atoms with Crippen molar-refractivity contribution in [3.8, 4) is 17.0 Å². The van der Waals surface area contributed by atoms with Crippen LogP contribution in [0.1, 0.15) is 35.7 Å². The molecule has 0 radical (unpaired) electrons. The second kappa shape index (κ2) is 8.00. The van der Waals surface area contributed by atoms with Gasteiger partial charge in [0.15, 0.2) is 11.3 Å². The number of fused-ring (bicyclic) bond motifs is 5. The summed E-state index contributed by atoms with van der Waals surface area (Å²) in [5.41, 5.74) is 1.50. The van der Waals surface area contributed by atoms with Crippen LogP contribution >= 0.6 is 0 Å². The van der Waals surface area contributed by atoms with Crippen LogP contribution in [-0.4, -0.2) is 30.1 Å².